The van der Waals surface area contributed by atoms with Gasteiger partial charge in [0.2, 0.25) is 5.88 Å². The summed E-state index contributed by atoms with van der Waals surface area (Å²) in [6.45, 7) is 1.91. The number of nitrogens with zero attached hydrogens (tertiary/aromatic N) is 2. The minimum atomic E-state index is 0.187. The van der Waals surface area contributed by atoms with Crippen LogP contribution in [-0.4, -0.2) is 17.1 Å². The number of benzene rings is 1. The summed E-state index contributed by atoms with van der Waals surface area (Å²) in [7, 11) is 1.53. The van der Waals surface area contributed by atoms with Crippen LogP contribution in [0.4, 0.5) is 5.69 Å². The number of aryl methyl sites for hydroxylation is 1. The molecule has 2 aromatic rings. The maximum Gasteiger partial charge on any atom is 0.325 e. The van der Waals surface area contributed by atoms with Gasteiger partial charge in [0.1, 0.15) is 0 Å². The molecule has 1 heterocycles. The molecule has 5 nitrogen and oxygen atoms in total. The lowest BCUT2D eigenvalue weighted by Crippen LogP contribution is -1.99. The predicted molar refractivity (Wildman–Crippen MR) is 71.9 cm³/mol. The first kappa shape index (κ1) is 12.6. The molecule has 94 valence electrons. The Kier molecular flexibility index (Phi) is 3.66. The SMILES string of the molecule is COc1nc(Oc2cccc(C)c2N)ncc1Br. The molecule has 0 bridgehead atoms. The zero-order valence-electron chi connectivity index (χ0n) is 9.98. The lowest BCUT2D eigenvalue weighted by atomic mass is 10.2. The average molecular weight is 310 g/mol. The van der Waals surface area contributed by atoms with Crippen molar-refractivity contribution in [2.24, 2.45) is 0 Å². The minimum absolute atomic E-state index is 0.187. The lowest BCUT2D eigenvalue weighted by Gasteiger charge is -2.09. The Hall–Kier alpha value is -1.82. The van der Waals surface area contributed by atoms with Crippen molar-refractivity contribution in [1.29, 1.82) is 0 Å². The number of para-hydroxylation sites is 1. The van der Waals surface area contributed by atoms with Crippen molar-refractivity contribution in [2.75, 3.05) is 12.8 Å². The number of methoxy groups -OCH3 is 1. The fourth-order valence-corrected chi connectivity index (χ4v) is 1.72. The second-order valence-electron chi connectivity index (χ2n) is 3.60. The van der Waals surface area contributed by atoms with Crippen molar-refractivity contribution >= 4 is 21.6 Å². The molecule has 0 saturated carbocycles. The topological polar surface area (TPSA) is 70.3 Å². The molecule has 0 unspecified atom stereocenters. The van der Waals surface area contributed by atoms with Gasteiger partial charge in [0.15, 0.2) is 5.75 Å². The van der Waals surface area contributed by atoms with Gasteiger partial charge in [-0.2, -0.15) is 4.98 Å². The quantitative estimate of drug-likeness (QED) is 0.883. The lowest BCUT2D eigenvalue weighted by molar-refractivity contribution is 0.374. The summed E-state index contributed by atoms with van der Waals surface area (Å²) in [6.07, 6.45) is 1.56. The molecule has 2 N–H and O–H groups in total. The third-order valence-electron chi connectivity index (χ3n) is 2.37. The normalized spacial score (nSPS) is 10.2. The first-order valence-corrected chi connectivity index (χ1v) is 6.00. The van der Waals surface area contributed by atoms with E-state index < -0.39 is 0 Å². The van der Waals surface area contributed by atoms with Crippen molar-refractivity contribution in [3.05, 3.63) is 34.4 Å². The smallest absolute Gasteiger partial charge is 0.325 e. The van der Waals surface area contributed by atoms with Crippen LogP contribution in [0.2, 0.25) is 0 Å². The van der Waals surface area contributed by atoms with Crippen LogP contribution in [0, 0.1) is 6.92 Å². The molecule has 0 radical (unpaired) electrons. The van der Waals surface area contributed by atoms with Crippen LogP contribution < -0.4 is 15.2 Å². The molecular weight excluding hydrogens is 298 g/mol. The number of aromatic nitrogens is 2. The van der Waals surface area contributed by atoms with Crippen LogP contribution in [0.15, 0.2) is 28.9 Å². The van der Waals surface area contributed by atoms with E-state index in [9.17, 15) is 0 Å². The number of ether oxygens (including phenoxy) is 2. The summed E-state index contributed by atoms with van der Waals surface area (Å²) >= 11 is 3.27. The Morgan fingerprint density at radius 1 is 1.33 bits per heavy atom. The molecule has 18 heavy (non-hydrogen) atoms. The van der Waals surface area contributed by atoms with Crippen molar-refractivity contribution in [2.45, 2.75) is 6.92 Å². The number of nitrogen functional groups attached to an aromatic ring is 1. The van der Waals surface area contributed by atoms with E-state index in [-0.39, 0.29) is 6.01 Å². The molecule has 0 atom stereocenters. The standard InChI is InChI=1S/C12H12BrN3O2/c1-7-4-3-5-9(10(7)14)18-12-15-6-8(13)11(16-12)17-2/h3-6H,14H2,1-2H3. The third-order valence-corrected chi connectivity index (χ3v) is 2.91. The number of anilines is 1. The van der Waals surface area contributed by atoms with Gasteiger partial charge >= 0.3 is 6.01 Å². The Morgan fingerprint density at radius 3 is 2.83 bits per heavy atom. The first-order chi connectivity index (χ1) is 8.61. The van der Waals surface area contributed by atoms with Gasteiger partial charge in [0, 0.05) is 0 Å². The molecule has 1 aromatic heterocycles. The van der Waals surface area contributed by atoms with Gasteiger partial charge in [-0.1, -0.05) is 12.1 Å². The van der Waals surface area contributed by atoms with E-state index in [2.05, 4.69) is 25.9 Å². The molecule has 0 aliphatic heterocycles. The maximum atomic E-state index is 5.91. The molecule has 0 saturated heterocycles. The summed E-state index contributed by atoms with van der Waals surface area (Å²) in [5.74, 6) is 0.936. The van der Waals surface area contributed by atoms with Crippen LogP contribution in [0.3, 0.4) is 0 Å². The van der Waals surface area contributed by atoms with E-state index in [0.717, 1.165) is 5.56 Å². The van der Waals surface area contributed by atoms with Crippen LogP contribution >= 0.6 is 15.9 Å². The summed E-state index contributed by atoms with van der Waals surface area (Å²) in [5.41, 5.74) is 7.42. The highest BCUT2D eigenvalue weighted by molar-refractivity contribution is 9.10. The second-order valence-corrected chi connectivity index (χ2v) is 4.45. The molecule has 2 rings (SSSR count). The number of nitrogens with two attached hydrogens (primary N) is 1. The van der Waals surface area contributed by atoms with Crippen LogP contribution in [-0.2, 0) is 0 Å². The van der Waals surface area contributed by atoms with E-state index >= 15 is 0 Å². The van der Waals surface area contributed by atoms with Gasteiger partial charge in [-0.25, -0.2) is 4.98 Å². The fourth-order valence-electron chi connectivity index (χ4n) is 1.37. The Balaban J connectivity index is 2.31. The monoisotopic (exact) mass is 309 g/mol. The number of halogens is 1. The number of hydrogen-bond acceptors (Lipinski definition) is 5. The van der Waals surface area contributed by atoms with E-state index in [1.807, 2.05) is 19.1 Å². The van der Waals surface area contributed by atoms with Gasteiger partial charge in [0.05, 0.1) is 23.5 Å². The summed E-state index contributed by atoms with van der Waals surface area (Å²) in [6, 6.07) is 5.72. The molecule has 0 fully saturated rings. The Labute approximate surface area is 113 Å². The van der Waals surface area contributed by atoms with E-state index in [1.54, 1.807) is 12.3 Å². The zero-order valence-corrected chi connectivity index (χ0v) is 11.6. The van der Waals surface area contributed by atoms with E-state index in [1.165, 1.54) is 7.11 Å². The highest BCUT2D eigenvalue weighted by Crippen LogP contribution is 2.30. The zero-order chi connectivity index (χ0) is 13.1. The van der Waals surface area contributed by atoms with Gasteiger partial charge in [0.25, 0.3) is 0 Å². The van der Waals surface area contributed by atoms with Crippen molar-refractivity contribution in [3.63, 3.8) is 0 Å². The van der Waals surface area contributed by atoms with Gasteiger partial charge < -0.3 is 15.2 Å². The van der Waals surface area contributed by atoms with Crippen LogP contribution in [0.5, 0.6) is 17.6 Å². The average Bonchev–Trinajstić information content (AvgIpc) is 2.37. The summed E-state index contributed by atoms with van der Waals surface area (Å²) in [5, 5.41) is 0. The van der Waals surface area contributed by atoms with Gasteiger partial charge in [-0.3, -0.25) is 0 Å². The van der Waals surface area contributed by atoms with Crippen molar-refractivity contribution < 1.29 is 9.47 Å². The fraction of sp³-hybridized carbons (Fsp3) is 0.167. The number of hydrogen-bond donors (Lipinski definition) is 1. The van der Waals surface area contributed by atoms with Crippen LogP contribution in [0.25, 0.3) is 0 Å². The van der Waals surface area contributed by atoms with Crippen molar-refractivity contribution in [1.82, 2.24) is 9.97 Å². The summed E-state index contributed by atoms with van der Waals surface area (Å²) < 4.78 is 11.3. The summed E-state index contributed by atoms with van der Waals surface area (Å²) in [4.78, 5) is 8.14. The molecule has 0 spiro atoms. The minimum Gasteiger partial charge on any atom is -0.480 e. The van der Waals surface area contributed by atoms with Gasteiger partial charge in [-0.15, -0.1) is 0 Å². The highest BCUT2D eigenvalue weighted by atomic mass is 79.9. The number of rotatable bonds is 3. The van der Waals surface area contributed by atoms with Crippen molar-refractivity contribution in [3.8, 4) is 17.6 Å². The van der Waals surface area contributed by atoms with E-state index in [4.69, 9.17) is 15.2 Å². The first-order valence-electron chi connectivity index (χ1n) is 5.21. The van der Waals surface area contributed by atoms with Crippen LogP contribution in [0.1, 0.15) is 5.56 Å². The molecule has 0 aliphatic rings. The Morgan fingerprint density at radius 2 is 2.11 bits per heavy atom. The largest absolute Gasteiger partial charge is 0.480 e. The second kappa shape index (κ2) is 5.22. The van der Waals surface area contributed by atoms with E-state index in [0.29, 0.717) is 21.8 Å². The highest BCUT2D eigenvalue weighted by Gasteiger charge is 2.09. The molecule has 6 heteroatoms. The molecule has 1 aromatic carbocycles. The Bertz CT molecular complexity index is 575. The third kappa shape index (κ3) is 2.53. The molecule has 0 aliphatic carbocycles. The molecule has 0 amide bonds. The maximum absolute atomic E-state index is 5.91. The van der Waals surface area contributed by atoms with Gasteiger partial charge in [-0.05, 0) is 34.5 Å². The predicted octanol–water partition coefficient (Wildman–Crippen LogP) is 2.93. The molecular formula is C12H12BrN3O2.